The van der Waals surface area contributed by atoms with Crippen LogP contribution in [0.5, 0.6) is 0 Å². The summed E-state index contributed by atoms with van der Waals surface area (Å²) in [5.74, 6) is -1.14. The molecule has 0 aromatic heterocycles. The van der Waals surface area contributed by atoms with Crippen LogP contribution >= 0.6 is 15.9 Å². The lowest BCUT2D eigenvalue weighted by atomic mass is 9.94. The molecule has 4 heteroatoms. The zero-order chi connectivity index (χ0) is 10.9. The first-order valence-corrected chi connectivity index (χ1v) is 5.02. The van der Waals surface area contributed by atoms with Crippen LogP contribution in [-0.2, 0) is 5.54 Å². The van der Waals surface area contributed by atoms with E-state index < -0.39 is 17.2 Å². The van der Waals surface area contributed by atoms with Gasteiger partial charge >= 0.3 is 0 Å². The molecule has 0 saturated carbocycles. The van der Waals surface area contributed by atoms with Gasteiger partial charge in [0.1, 0.15) is 11.6 Å². The second kappa shape index (κ2) is 3.95. The Labute approximate surface area is 90.6 Å². The summed E-state index contributed by atoms with van der Waals surface area (Å²) >= 11 is 2.87. The molecule has 0 spiro atoms. The van der Waals surface area contributed by atoms with Crippen LogP contribution < -0.4 is 5.32 Å². The van der Waals surface area contributed by atoms with E-state index in [1.807, 2.05) is 13.8 Å². The highest BCUT2D eigenvalue weighted by Crippen LogP contribution is 2.29. The maximum atomic E-state index is 13.6. The van der Waals surface area contributed by atoms with Crippen molar-refractivity contribution in [1.29, 1.82) is 0 Å². The van der Waals surface area contributed by atoms with Gasteiger partial charge in [-0.2, -0.15) is 0 Å². The van der Waals surface area contributed by atoms with Gasteiger partial charge in [-0.15, -0.1) is 0 Å². The van der Waals surface area contributed by atoms with Gasteiger partial charge in [-0.05, 0) is 42.9 Å². The quantitative estimate of drug-likeness (QED) is 0.809. The highest BCUT2D eigenvalue weighted by atomic mass is 79.9. The molecule has 0 bridgehead atoms. The molecule has 1 aromatic carbocycles. The smallest absolute Gasteiger partial charge is 0.145 e. The lowest BCUT2D eigenvalue weighted by Crippen LogP contribution is -2.34. The van der Waals surface area contributed by atoms with Crippen molar-refractivity contribution in [3.05, 3.63) is 33.8 Å². The predicted octanol–water partition coefficient (Wildman–Crippen LogP) is 3.18. The van der Waals surface area contributed by atoms with Gasteiger partial charge in [-0.1, -0.05) is 6.07 Å². The monoisotopic (exact) mass is 263 g/mol. The topological polar surface area (TPSA) is 12.0 Å². The van der Waals surface area contributed by atoms with Crippen molar-refractivity contribution >= 4 is 15.9 Å². The minimum atomic E-state index is -0.585. The summed E-state index contributed by atoms with van der Waals surface area (Å²) in [6.07, 6.45) is 0. The molecule has 1 aromatic rings. The van der Waals surface area contributed by atoms with E-state index in [0.29, 0.717) is 5.56 Å². The second-order valence-electron chi connectivity index (χ2n) is 3.60. The highest BCUT2D eigenvalue weighted by molar-refractivity contribution is 9.10. The van der Waals surface area contributed by atoms with Crippen molar-refractivity contribution in [2.24, 2.45) is 0 Å². The molecule has 0 aliphatic carbocycles. The zero-order valence-corrected chi connectivity index (χ0v) is 9.87. The summed E-state index contributed by atoms with van der Waals surface area (Å²) in [4.78, 5) is 0. The molecule has 1 rings (SSSR count). The van der Waals surface area contributed by atoms with Crippen LogP contribution in [0.4, 0.5) is 8.78 Å². The van der Waals surface area contributed by atoms with Gasteiger partial charge in [0, 0.05) is 11.1 Å². The van der Waals surface area contributed by atoms with Crippen molar-refractivity contribution in [2.45, 2.75) is 19.4 Å². The van der Waals surface area contributed by atoms with E-state index in [1.165, 1.54) is 12.1 Å². The first kappa shape index (κ1) is 11.6. The van der Waals surface area contributed by atoms with E-state index in [9.17, 15) is 8.78 Å². The molecule has 0 radical (unpaired) electrons. The fraction of sp³-hybridized carbons (Fsp3) is 0.400. The summed E-state index contributed by atoms with van der Waals surface area (Å²) in [5, 5.41) is 2.96. The van der Waals surface area contributed by atoms with Gasteiger partial charge in [-0.3, -0.25) is 0 Å². The average Bonchev–Trinajstić information content (AvgIpc) is 2.14. The Hall–Kier alpha value is -0.480. The Balaban J connectivity index is 3.31. The van der Waals surface area contributed by atoms with Crippen LogP contribution in [0.3, 0.4) is 0 Å². The van der Waals surface area contributed by atoms with Crippen molar-refractivity contribution in [3.63, 3.8) is 0 Å². The largest absolute Gasteiger partial charge is 0.311 e. The molecule has 0 saturated heterocycles. The maximum absolute atomic E-state index is 13.6. The average molecular weight is 264 g/mol. The third-order valence-corrected chi connectivity index (χ3v) is 3.06. The van der Waals surface area contributed by atoms with Gasteiger partial charge in [0.25, 0.3) is 0 Å². The Bertz CT molecular complexity index is 350. The number of benzene rings is 1. The normalized spacial score (nSPS) is 11.9. The van der Waals surface area contributed by atoms with Gasteiger partial charge in [-0.25, -0.2) is 8.78 Å². The SMILES string of the molecule is CNC(C)(C)c1ccc(F)c(Br)c1F. The van der Waals surface area contributed by atoms with Gasteiger partial charge in [0.05, 0.1) is 4.47 Å². The van der Waals surface area contributed by atoms with Crippen LogP contribution in [0.15, 0.2) is 16.6 Å². The molecule has 78 valence electrons. The number of nitrogens with one attached hydrogen (secondary N) is 1. The van der Waals surface area contributed by atoms with Gasteiger partial charge in [0.15, 0.2) is 0 Å². The lowest BCUT2D eigenvalue weighted by molar-refractivity contribution is 0.415. The Morgan fingerprint density at radius 2 is 1.86 bits per heavy atom. The molecule has 1 N–H and O–H groups in total. The van der Waals surface area contributed by atoms with E-state index in [4.69, 9.17) is 0 Å². The van der Waals surface area contributed by atoms with Crippen LogP contribution in [0.2, 0.25) is 0 Å². The van der Waals surface area contributed by atoms with E-state index in [0.717, 1.165) is 0 Å². The number of rotatable bonds is 2. The fourth-order valence-corrected chi connectivity index (χ4v) is 1.49. The third kappa shape index (κ3) is 1.96. The third-order valence-electron chi connectivity index (χ3n) is 2.33. The summed E-state index contributed by atoms with van der Waals surface area (Å²) < 4.78 is 26.4. The van der Waals surface area contributed by atoms with E-state index in [2.05, 4.69) is 21.2 Å². The lowest BCUT2D eigenvalue weighted by Gasteiger charge is -2.25. The van der Waals surface area contributed by atoms with Gasteiger partial charge in [0.2, 0.25) is 0 Å². The summed E-state index contributed by atoms with van der Waals surface area (Å²) in [7, 11) is 1.73. The molecule has 0 aliphatic heterocycles. The first-order valence-electron chi connectivity index (χ1n) is 4.23. The van der Waals surface area contributed by atoms with E-state index in [1.54, 1.807) is 7.05 Å². The summed E-state index contributed by atoms with van der Waals surface area (Å²) in [6.45, 7) is 3.66. The molecule has 0 fully saturated rings. The summed E-state index contributed by atoms with van der Waals surface area (Å²) in [5.41, 5.74) is -0.0754. The highest BCUT2D eigenvalue weighted by Gasteiger charge is 2.24. The maximum Gasteiger partial charge on any atom is 0.145 e. The van der Waals surface area contributed by atoms with E-state index >= 15 is 0 Å². The molecule has 0 aliphatic rings. The molecular formula is C10H12BrF2N. The Kier molecular flexibility index (Phi) is 3.27. The zero-order valence-electron chi connectivity index (χ0n) is 8.29. The van der Waals surface area contributed by atoms with Crippen LogP contribution in [-0.4, -0.2) is 7.05 Å². The van der Waals surface area contributed by atoms with Crippen LogP contribution in [0.1, 0.15) is 19.4 Å². The molecule has 0 atom stereocenters. The number of hydrogen-bond acceptors (Lipinski definition) is 1. The molecule has 0 amide bonds. The van der Waals surface area contributed by atoms with Crippen molar-refractivity contribution in [1.82, 2.24) is 5.32 Å². The first-order chi connectivity index (χ1) is 6.40. The standard InChI is InChI=1S/C10H12BrF2N/c1-10(2,14-3)6-4-5-7(12)8(11)9(6)13/h4-5,14H,1-3H3. The molecular weight excluding hydrogens is 252 g/mol. The fourth-order valence-electron chi connectivity index (χ4n) is 1.14. The van der Waals surface area contributed by atoms with E-state index in [-0.39, 0.29) is 4.47 Å². The molecule has 0 heterocycles. The molecule has 0 unspecified atom stereocenters. The number of halogens is 3. The predicted molar refractivity (Wildman–Crippen MR) is 56.1 cm³/mol. The van der Waals surface area contributed by atoms with Crippen molar-refractivity contribution < 1.29 is 8.78 Å². The molecule has 14 heavy (non-hydrogen) atoms. The van der Waals surface area contributed by atoms with Crippen LogP contribution in [0, 0.1) is 11.6 Å². The number of hydrogen-bond donors (Lipinski definition) is 1. The minimum absolute atomic E-state index is 0.113. The Morgan fingerprint density at radius 1 is 1.29 bits per heavy atom. The second-order valence-corrected chi connectivity index (χ2v) is 4.39. The van der Waals surface area contributed by atoms with Crippen molar-refractivity contribution in [2.75, 3.05) is 7.05 Å². The Morgan fingerprint density at radius 3 is 2.36 bits per heavy atom. The van der Waals surface area contributed by atoms with Crippen molar-refractivity contribution in [3.8, 4) is 0 Å². The summed E-state index contributed by atoms with van der Waals surface area (Å²) in [6, 6.07) is 2.70. The van der Waals surface area contributed by atoms with Crippen LogP contribution in [0.25, 0.3) is 0 Å². The minimum Gasteiger partial charge on any atom is -0.311 e. The molecule has 1 nitrogen and oxygen atoms in total. The van der Waals surface area contributed by atoms with Gasteiger partial charge < -0.3 is 5.32 Å².